The summed E-state index contributed by atoms with van der Waals surface area (Å²) in [4.78, 5) is 32.5. The summed E-state index contributed by atoms with van der Waals surface area (Å²) in [5, 5.41) is 2.43. The predicted molar refractivity (Wildman–Crippen MR) is 108 cm³/mol. The lowest BCUT2D eigenvalue weighted by atomic mass is 9.96. The molecule has 7 heteroatoms. The first kappa shape index (κ1) is 18.8. The van der Waals surface area contributed by atoms with Gasteiger partial charge in [-0.3, -0.25) is 14.2 Å². The Morgan fingerprint density at radius 1 is 1.25 bits per heavy atom. The minimum absolute atomic E-state index is 0.0966. The van der Waals surface area contributed by atoms with Gasteiger partial charge in [-0.2, -0.15) is 0 Å². The van der Waals surface area contributed by atoms with E-state index in [2.05, 4.69) is 4.98 Å². The number of piperidine rings is 1. The molecule has 0 spiro atoms. The van der Waals surface area contributed by atoms with E-state index >= 15 is 0 Å². The average Bonchev–Trinajstić information content (AvgIpc) is 3.11. The zero-order valence-electron chi connectivity index (χ0n) is 15.9. The molecule has 1 saturated heterocycles. The monoisotopic (exact) mass is 399 g/mol. The smallest absolute Gasteiger partial charge is 0.263 e. The topological polar surface area (TPSA) is 55.2 Å². The third-order valence-corrected chi connectivity index (χ3v) is 6.43. The van der Waals surface area contributed by atoms with Gasteiger partial charge in [0.05, 0.1) is 15.8 Å². The molecular formula is C21H22FN3O2S. The van der Waals surface area contributed by atoms with Crippen molar-refractivity contribution in [3.8, 4) is 0 Å². The molecule has 4 rings (SSSR count). The molecule has 5 nitrogen and oxygen atoms in total. The van der Waals surface area contributed by atoms with E-state index in [0.717, 1.165) is 23.3 Å². The highest BCUT2D eigenvalue weighted by Crippen LogP contribution is 2.23. The van der Waals surface area contributed by atoms with Crippen molar-refractivity contribution in [2.75, 3.05) is 13.1 Å². The molecule has 3 aromatic rings. The van der Waals surface area contributed by atoms with Gasteiger partial charge >= 0.3 is 0 Å². The number of amides is 1. The number of carbonyl (C=O) groups is 1. The van der Waals surface area contributed by atoms with E-state index < -0.39 is 5.82 Å². The zero-order chi connectivity index (χ0) is 19.8. The summed E-state index contributed by atoms with van der Waals surface area (Å²) in [6.07, 6.45) is 1.70. The number of halogens is 1. The average molecular weight is 399 g/mol. The SMILES string of the molecule is Cc1csc(C(=O)N2CCC(Cn3c(C)nc4cc(F)ccc4c3=O)CC2)c1. The summed E-state index contributed by atoms with van der Waals surface area (Å²) in [5.74, 6) is 0.606. The Morgan fingerprint density at radius 3 is 2.68 bits per heavy atom. The van der Waals surface area contributed by atoms with Gasteiger partial charge in [0, 0.05) is 25.7 Å². The van der Waals surface area contributed by atoms with Crippen molar-refractivity contribution in [1.82, 2.24) is 14.5 Å². The Bertz CT molecular complexity index is 1100. The number of aromatic nitrogens is 2. The predicted octanol–water partition coefficient (Wildman–Crippen LogP) is 3.77. The van der Waals surface area contributed by atoms with Gasteiger partial charge in [0.1, 0.15) is 11.6 Å². The molecule has 1 aromatic carbocycles. The fourth-order valence-corrected chi connectivity index (χ4v) is 4.66. The fourth-order valence-electron chi connectivity index (χ4n) is 3.80. The largest absolute Gasteiger partial charge is 0.338 e. The van der Waals surface area contributed by atoms with Crippen LogP contribution in [0.4, 0.5) is 4.39 Å². The highest BCUT2D eigenvalue weighted by Gasteiger charge is 2.25. The number of hydrogen-bond acceptors (Lipinski definition) is 4. The van der Waals surface area contributed by atoms with E-state index in [-0.39, 0.29) is 11.5 Å². The molecule has 0 N–H and O–H groups in total. The molecule has 0 aliphatic carbocycles. The van der Waals surface area contributed by atoms with Gasteiger partial charge in [-0.25, -0.2) is 9.37 Å². The second kappa shape index (κ2) is 7.47. The lowest BCUT2D eigenvalue weighted by molar-refractivity contribution is 0.0687. The number of likely N-dealkylation sites (tertiary alicyclic amines) is 1. The molecule has 0 unspecified atom stereocenters. The molecular weight excluding hydrogens is 377 g/mol. The lowest BCUT2D eigenvalue weighted by Crippen LogP contribution is -2.40. The van der Waals surface area contributed by atoms with Gasteiger partial charge in [0.15, 0.2) is 0 Å². The van der Waals surface area contributed by atoms with E-state index in [1.54, 1.807) is 11.5 Å². The quantitative estimate of drug-likeness (QED) is 0.674. The molecule has 1 amide bonds. The number of nitrogens with zero attached hydrogens (tertiary/aromatic N) is 3. The molecule has 2 aromatic heterocycles. The summed E-state index contributed by atoms with van der Waals surface area (Å²) < 4.78 is 15.1. The van der Waals surface area contributed by atoms with Crippen LogP contribution in [0.5, 0.6) is 0 Å². The van der Waals surface area contributed by atoms with Crippen LogP contribution in [-0.4, -0.2) is 33.4 Å². The van der Waals surface area contributed by atoms with Crippen LogP contribution >= 0.6 is 11.3 Å². The van der Waals surface area contributed by atoms with Crippen LogP contribution < -0.4 is 5.56 Å². The van der Waals surface area contributed by atoms with Crippen LogP contribution in [-0.2, 0) is 6.54 Å². The Hall–Kier alpha value is -2.54. The minimum atomic E-state index is -0.394. The summed E-state index contributed by atoms with van der Waals surface area (Å²) >= 11 is 1.49. The van der Waals surface area contributed by atoms with Crippen LogP contribution in [0.15, 0.2) is 34.4 Å². The summed E-state index contributed by atoms with van der Waals surface area (Å²) in [5.41, 5.74) is 1.38. The van der Waals surface area contributed by atoms with Gasteiger partial charge in [-0.15, -0.1) is 11.3 Å². The number of rotatable bonds is 3. The summed E-state index contributed by atoms with van der Waals surface area (Å²) in [6.45, 7) is 5.74. The normalized spacial score (nSPS) is 15.3. The Balaban J connectivity index is 1.47. The lowest BCUT2D eigenvalue weighted by Gasteiger charge is -2.32. The van der Waals surface area contributed by atoms with E-state index in [0.29, 0.717) is 42.3 Å². The highest BCUT2D eigenvalue weighted by molar-refractivity contribution is 7.12. The van der Waals surface area contributed by atoms with Gasteiger partial charge in [-0.1, -0.05) is 0 Å². The third-order valence-electron chi connectivity index (χ3n) is 5.39. The van der Waals surface area contributed by atoms with Crippen molar-refractivity contribution in [2.24, 2.45) is 5.92 Å². The molecule has 0 radical (unpaired) electrons. The maximum atomic E-state index is 13.4. The Morgan fingerprint density at radius 2 is 2.00 bits per heavy atom. The molecule has 1 aliphatic heterocycles. The third kappa shape index (κ3) is 3.58. The van der Waals surface area contributed by atoms with Crippen molar-refractivity contribution in [1.29, 1.82) is 0 Å². The second-order valence-corrected chi connectivity index (χ2v) is 8.37. The number of benzene rings is 1. The molecule has 0 bridgehead atoms. The maximum absolute atomic E-state index is 13.4. The van der Waals surface area contributed by atoms with Crippen LogP contribution in [0.1, 0.15) is 33.9 Å². The van der Waals surface area contributed by atoms with Crippen molar-refractivity contribution in [2.45, 2.75) is 33.2 Å². The molecule has 146 valence electrons. The molecule has 1 fully saturated rings. The standard InChI is InChI=1S/C21H22FN3O2S/c1-13-9-19(28-12-13)21(27)24-7-5-15(6-8-24)11-25-14(2)23-18-10-16(22)3-4-17(18)20(25)26/h3-4,9-10,12,15H,5-8,11H2,1-2H3. The Kier molecular flexibility index (Phi) is 5.02. The van der Waals surface area contributed by atoms with Gasteiger partial charge < -0.3 is 4.90 Å². The first-order chi connectivity index (χ1) is 13.4. The van der Waals surface area contributed by atoms with Gasteiger partial charge in [0.2, 0.25) is 0 Å². The van der Waals surface area contributed by atoms with Crippen molar-refractivity contribution < 1.29 is 9.18 Å². The zero-order valence-corrected chi connectivity index (χ0v) is 16.8. The minimum Gasteiger partial charge on any atom is -0.338 e. The maximum Gasteiger partial charge on any atom is 0.263 e. The first-order valence-electron chi connectivity index (χ1n) is 9.43. The van der Waals surface area contributed by atoms with Gasteiger partial charge in [0.25, 0.3) is 11.5 Å². The van der Waals surface area contributed by atoms with E-state index in [1.165, 1.54) is 29.5 Å². The van der Waals surface area contributed by atoms with Crippen LogP contribution in [0.2, 0.25) is 0 Å². The van der Waals surface area contributed by atoms with Crippen LogP contribution in [0.25, 0.3) is 10.9 Å². The van der Waals surface area contributed by atoms with Crippen molar-refractivity contribution >= 4 is 28.1 Å². The summed E-state index contributed by atoms with van der Waals surface area (Å²) in [7, 11) is 0. The molecule has 0 atom stereocenters. The number of hydrogen-bond donors (Lipinski definition) is 0. The summed E-state index contributed by atoms with van der Waals surface area (Å²) in [6, 6.07) is 6.03. The van der Waals surface area contributed by atoms with Crippen LogP contribution in [0.3, 0.4) is 0 Å². The second-order valence-electron chi connectivity index (χ2n) is 7.46. The fraction of sp³-hybridized carbons (Fsp3) is 0.381. The molecule has 0 saturated carbocycles. The Labute approximate surface area is 166 Å². The van der Waals surface area contributed by atoms with E-state index in [4.69, 9.17) is 0 Å². The highest BCUT2D eigenvalue weighted by atomic mass is 32.1. The molecule has 1 aliphatic rings. The molecule has 28 heavy (non-hydrogen) atoms. The van der Waals surface area contributed by atoms with Crippen molar-refractivity contribution in [3.63, 3.8) is 0 Å². The number of fused-ring (bicyclic) bond motifs is 1. The number of aryl methyl sites for hydroxylation is 2. The van der Waals surface area contributed by atoms with E-state index in [9.17, 15) is 14.0 Å². The van der Waals surface area contributed by atoms with Crippen LogP contribution in [0, 0.1) is 25.6 Å². The number of carbonyl (C=O) groups excluding carboxylic acids is 1. The van der Waals surface area contributed by atoms with Gasteiger partial charge in [-0.05, 0) is 61.7 Å². The van der Waals surface area contributed by atoms with E-state index in [1.807, 2.05) is 23.3 Å². The molecule has 3 heterocycles. The van der Waals surface area contributed by atoms with Crippen molar-refractivity contribution in [3.05, 3.63) is 62.1 Å². The number of thiophene rings is 1. The first-order valence-corrected chi connectivity index (χ1v) is 10.3.